The summed E-state index contributed by atoms with van der Waals surface area (Å²) in [6.07, 6.45) is 4.97. The molecular weight excluding hydrogens is 364 g/mol. The van der Waals surface area contributed by atoms with Crippen molar-refractivity contribution >= 4 is 11.9 Å². The summed E-state index contributed by atoms with van der Waals surface area (Å²) in [6, 6.07) is 9.06. The van der Waals surface area contributed by atoms with Gasteiger partial charge in [-0.25, -0.2) is 4.79 Å². The second-order valence-electron chi connectivity index (χ2n) is 9.59. The van der Waals surface area contributed by atoms with Gasteiger partial charge in [0.2, 0.25) is 6.10 Å². The molecule has 1 aromatic rings. The molecule has 0 bridgehead atoms. The number of carbonyl (C=O) groups excluding carboxylic acids is 2. The van der Waals surface area contributed by atoms with Crippen LogP contribution < -0.4 is 0 Å². The molecule has 0 radical (unpaired) electrons. The van der Waals surface area contributed by atoms with Crippen LogP contribution in [0.15, 0.2) is 41.5 Å². The fraction of sp³-hybridized carbons (Fsp3) is 0.600. The molecule has 1 fully saturated rings. The van der Waals surface area contributed by atoms with Crippen LogP contribution in [0.25, 0.3) is 0 Å². The molecule has 0 unspecified atom stereocenters. The molecule has 4 nitrogen and oxygen atoms in total. The van der Waals surface area contributed by atoms with E-state index < -0.39 is 12.1 Å². The van der Waals surface area contributed by atoms with Crippen molar-refractivity contribution in [3.05, 3.63) is 47.0 Å². The number of fused-ring (bicyclic) bond motifs is 1. The Hall–Kier alpha value is -2.10. The molecule has 1 aromatic carbocycles. The van der Waals surface area contributed by atoms with Crippen LogP contribution in [0.3, 0.4) is 0 Å². The molecule has 0 N–H and O–H groups in total. The van der Waals surface area contributed by atoms with Crippen LogP contribution in [0.5, 0.6) is 0 Å². The summed E-state index contributed by atoms with van der Waals surface area (Å²) in [5.41, 5.74) is 3.47. The molecule has 0 amide bonds. The first-order valence-electron chi connectivity index (χ1n) is 10.7. The first-order chi connectivity index (χ1) is 13.7. The Morgan fingerprint density at radius 1 is 1.14 bits per heavy atom. The fourth-order valence-electron chi connectivity index (χ4n) is 5.85. The van der Waals surface area contributed by atoms with Crippen molar-refractivity contribution in [2.75, 3.05) is 7.11 Å². The van der Waals surface area contributed by atoms with Gasteiger partial charge in [0.25, 0.3) is 0 Å². The van der Waals surface area contributed by atoms with E-state index in [0.29, 0.717) is 11.5 Å². The van der Waals surface area contributed by atoms with Gasteiger partial charge in [-0.3, -0.25) is 4.79 Å². The number of carbonyl (C=O) groups is 2. The number of methoxy groups -OCH3 is 1. The van der Waals surface area contributed by atoms with E-state index >= 15 is 0 Å². The van der Waals surface area contributed by atoms with E-state index in [1.807, 2.05) is 18.2 Å². The number of allylic oxidation sites excluding steroid dienone is 1. The molecule has 2 aliphatic rings. The van der Waals surface area contributed by atoms with E-state index in [1.165, 1.54) is 37.5 Å². The summed E-state index contributed by atoms with van der Waals surface area (Å²) < 4.78 is 10.6. The summed E-state index contributed by atoms with van der Waals surface area (Å²) in [4.78, 5) is 25.2. The highest BCUT2D eigenvalue weighted by Gasteiger charge is 2.50. The van der Waals surface area contributed by atoms with Crippen molar-refractivity contribution in [2.24, 2.45) is 16.7 Å². The lowest BCUT2D eigenvalue weighted by molar-refractivity contribution is -0.166. The standard InChI is InChI=1S/C25H34O4/c1-17-12-13-20-24(2,3)14-9-15-25(20,4)19(17)16-21(26)29-22(23(27)28-5)18-10-7-6-8-11-18/h6-8,10-11,20,22H,9,12-16H2,1-5H3/t20-,22+,25+/m0/s1. The van der Waals surface area contributed by atoms with Gasteiger partial charge in [-0.05, 0) is 49.4 Å². The average molecular weight is 399 g/mol. The molecule has 0 heterocycles. The molecule has 3 rings (SSSR count). The van der Waals surface area contributed by atoms with E-state index in [4.69, 9.17) is 9.47 Å². The molecule has 0 aromatic heterocycles. The van der Waals surface area contributed by atoms with E-state index in [1.54, 1.807) is 12.1 Å². The summed E-state index contributed by atoms with van der Waals surface area (Å²) in [6.45, 7) is 9.22. The highest BCUT2D eigenvalue weighted by molar-refractivity contribution is 5.81. The molecule has 3 atom stereocenters. The van der Waals surface area contributed by atoms with Crippen molar-refractivity contribution < 1.29 is 19.1 Å². The summed E-state index contributed by atoms with van der Waals surface area (Å²) in [7, 11) is 1.32. The van der Waals surface area contributed by atoms with Gasteiger partial charge >= 0.3 is 11.9 Å². The maximum absolute atomic E-state index is 13.0. The largest absolute Gasteiger partial charge is 0.466 e. The predicted molar refractivity (Wildman–Crippen MR) is 113 cm³/mol. The van der Waals surface area contributed by atoms with Crippen LogP contribution in [0.2, 0.25) is 0 Å². The number of hydrogen-bond donors (Lipinski definition) is 0. The summed E-state index contributed by atoms with van der Waals surface area (Å²) >= 11 is 0. The Labute approximate surface area is 174 Å². The second-order valence-corrected chi connectivity index (χ2v) is 9.59. The van der Waals surface area contributed by atoms with Crippen LogP contribution in [0.1, 0.15) is 77.9 Å². The topological polar surface area (TPSA) is 52.6 Å². The molecule has 29 heavy (non-hydrogen) atoms. The fourth-order valence-corrected chi connectivity index (χ4v) is 5.85. The van der Waals surface area contributed by atoms with E-state index in [2.05, 4.69) is 27.7 Å². The van der Waals surface area contributed by atoms with E-state index in [0.717, 1.165) is 12.8 Å². The molecular formula is C25H34O4. The van der Waals surface area contributed by atoms with Crippen LogP contribution in [-0.2, 0) is 19.1 Å². The highest BCUT2D eigenvalue weighted by Crippen LogP contribution is 2.60. The van der Waals surface area contributed by atoms with Crippen LogP contribution in [-0.4, -0.2) is 19.0 Å². The van der Waals surface area contributed by atoms with Gasteiger partial charge in [-0.15, -0.1) is 0 Å². The second kappa shape index (κ2) is 8.33. The number of rotatable bonds is 5. The SMILES string of the molecule is COC(=O)[C@H](OC(=O)CC1=C(C)CC[C@H]2C(C)(C)CCC[C@]12C)c1ccccc1. The molecule has 2 aliphatic carbocycles. The van der Waals surface area contributed by atoms with Crippen molar-refractivity contribution in [1.82, 2.24) is 0 Å². The zero-order valence-corrected chi connectivity index (χ0v) is 18.4. The van der Waals surface area contributed by atoms with Gasteiger partial charge in [-0.1, -0.05) is 68.7 Å². The van der Waals surface area contributed by atoms with Crippen molar-refractivity contribution in [3.63, 3.8) is 0 Å². The minimum atomic E-state index is -1.02. The van der Waals surface area contributed by atoms with Gasteiger partial charge in [0.05, 0.1) is 13.5 Å². The van der Waals surface area contributed by atoms with Gasteiger partial charge in [-0.2, -0.15) is 0 Å². The zero-order chi connectivity index (χ0) is 21.2. The van der Waals surface area contributed by atoms with E-state index in [-0.39, 0.29) is 23.2 Å². The molecule has 0 saturated heterocycles. The Kier molecular flexibility index (Phi) is 6.21. The van der Waals surface area contributed by atoms with Crippen molar-refractivity contribution in [3.8, 4) is 0 Å². The minimum Gasteiger partial charge on any atom is -0.466 e. The number of hydrogen-bond acceptors (Lipinski definition) is 4. The predicted octanol–water partition coefficient (Wildman–Crippen LogP) is 5.78. The highest BCUT2D eigenvalue weighted by atomic mass is 16.6. The van der Waals surface area contributed by atoms with Crippen LogP contribution in [0, 0.1) is 16.7 Å². The molecule has 4 heteroatoms. The van der Waals surface area contributed by atoms with Crippen LogP contribution >= 0.6 is 0 Å². The number of ether oxygens (including phenoxy) is 2. The maximum Gasteiger partial charge on any atom is 0.351 e. The lowest BCUT2D eigenvalue weighted by atomic mass is 9.50. The monoisotopic (exact) mass is 398 g/mol. The van der Waals surface area contributed by atoms with Gasteiger partial charge in [0, 0.05) is 5.56 Å². The lowest BCUT2D eigenvalue weighted by Gasteiger charge is -2.55. The quantitative estimate of drug-likeness (QED) is 0.466. The Morgan fingerprint density at radius 2 is 1.83 bits per heavy atom. The smallest absolute Gasteiger partial charge is 0.351 e. The Morgan fingerprint density at radius 3 is 2.48 bits per heavy atom. The molecule has 0 spiro atoms. The Balaban J connectivity index is 1.82. The number of benzene rings is 1. The van der Waals surface area contributed by atoms with Crippen molar-refractivity contribution in [2.45, 2.75) is 72.3 Å². The number of esters is 2. The maximum atomic E-state index is 13.0. The molecule has 158 valence electrons. The zero-order valence-electron chi connectivity index (χ0n) is 18.4. The first-order valence-corrected chi connectivity index (χ1v) is 10.7. The summed E-state index contributed by atoms with van der Waals surface area (Å²) in [5, 5.41) is 0. The normalized spacial score (nSPS) is 27.0. The van der Waals surface area contributed by atoms with Crippen LogP contribution in [0.4, 0.5) is 0 Å². The van der Waals surface area contributed by atoms with Gasteiger partial charge in [0.1, 0.15) is 0 Å². The van der Waals surface area contributed by atoms with Gasteiger partial charge < -0.3 is 9.47 Å². The van der Waals surface area contributed by atoms with Crippen molar-refractivity contribution in [1.29, 1.82) is 0 Å². The Bertz CT molecular complexity index is 792. The third-order valence-electron chi connectivity index (χ3n) is 7.33. The molecule has 0 aliphatic heterocycles. The van der Waals surface area contributed by atoms with Gasteiger partial charge in [0.15, 0.2) is 0 Å². The molecule has 1 saturated carbocycles. The minimum absolute atomic E-state index is 0.0244. The summed E-state index contributed by atoms with van der Waals surface area (Å²) in [5.74, 6) is -0.341. The lowest BCUT2D eigenvalue weighted by Crippen LogP contribution is -2.46. The van der Waals surface area contributed by atoms with E-state index in [9.17, 15) is 9.59 Å². The average Bonchev–Trinajstić information content (AvgIpc) is 2.68. The third-order valence-corrected chi connectivity index (χ3v) is 7.33. The first kappa shape index (κ1) is 21.6. The third kappa shape index (κ3) is 4.26.